The summed E-state index contributed by atoms with van der Waals surface area (Å²) in [5.74, 6) is 0. The molecular weight excluding hydrogens is 260 g/mol. The molecule has 4 nitrogen and oxygen atoms in total. The van der Waals surface area contributed by atoms with Crippen molar-refractivity contribution in [3.8, 4) is 0 Å². The van der Waals surface area contributed by atoms with Crippen molar-refractivity contribution in [2.75, 3.05) is 0 Å². The summed E-state index contributed by atoms with van der Waals surface area (Å²) in [6.07, 6.45) is -4.90. The van der Waals surface area contributed by atoms with Crippen LogP contribution >= 0.6 is 23.2 Å². The van der Waals surface area contributed by atoms with Gasteiger partial charge in [0.05, 0.1) is 4.92 Å². The number of pyridine rings is 1. The predicted octanol–water partition coefficient (Wildman–Crippen LogP) is 3.32. The zero-order valence-corrected chi connectivity index (χ0v) is 8.19. The largest absolute Gasteiger partial charge is 0.423 e. The van der Waals surface area contributed by atoms with Crippen LogP contribution in [0, 0.1) is 10.1 Å². The predicted molar refractivity (Wildman–Crippen MR) is 45.9 cm³/mol. The minimum atomic E-state index is -4.90. The van der Waals surface area contributed by atoms with Crippen LogP contribution in [0.3, 0.4) is 0 Å². The first-order chi connectivity index (χ1) is 6.73. The minimum absolute atomic E-state index is 0.353. The van der Waals surface area contributed by atoms with E-state index in [1.54, 1.807) is 0 Å². The van der Waals surface area contributed by atoms with E-state index >= 15 is 0 Å². The van der Waals surface area contributed by atoms with Crippen LogP contribution in [0.2, 0.25) is 10.3 Å². The number of nitrogens with zero attached hydrogens (tertiary/aromatic N) is 2. The fourth-order valence-electron chi connectivity index (χ4n) is 0.867. The molecular formula is C6HCl2F3N2O2. The van der Waals surface area contributed by atoms with Crippen LogP contribution in [-0.2, 0) is 6.18 Å². The Morgan fingerprint density at radius 2 is 1.93 bits per heavy atom. The van der Waals surface area contributed by atoms with Gasteiger partial charge in [0.15, 0.2) is 0 Å². The van der Waals surface area contributed by atoms with Crippen LogP contribution in [-0.4, -0.2) is 9.91 Å². The molecule has 9 heteroatoms. The molecule has 0 aliphatic carbocycles. The van der Waals surface area contributed by atoms with Gasteiger partial charge >= 0.3 is 11.9 Å². The van der Waals surface area contributed by atoms with E-state index in [0.29, 0.717) is 6.07 Å². The Kier molecular flexibility index (Phi) is 3.05. The van der Waals surface area contributed by atoms with E-state index in [-0.39, 0.29) is 0 Å². The van der Waals surface area contributed by atoms with E-state index in [0.717, 1.165) is 0 Å². The van der Waals surface area contributed by atoms with Gasteiger partial charge in [-0.25, -0.2) is 4.98 Å². The number of halogens is 5. The smallest absolute Gasteiger partial charge is 0.258 e. The summed E-state index contributed by atoms with van der Waals surface area (Å²) in [7, 11) is 0. The van der Waals surface area contributed by atoms with Crippen molar-refractivity contribution in [1.82, 2.24) is 4.98 Å². The zero-order valence-electron chi connectivity index (χ0n) is 6.68. The number of alkyl halides is 3. The lowest BCUT2D eigenvalue weighted by Crippen LogP contribution is -2.10. The molecule has 0 aliphatic heterocycles. The lowest BCUT2D eigenvalue weighted by atomic mass is 10.2. The van der Waals surface area contributed by atoms with Gasteiger partial charge in [-0.15, -0.1) is 0 Å². The van der Waals surface area contributed by atoms with Crippen molar-refractivity contribution in [3.05, 3.63) is 32.1 Å². The van der Waals surface area contributed by atoms with Crippen LogP contribution < -0.4 is 0 Å². The molecule has 0 saturated carbocycles. The van der Waals surface area contributed by atoms with E-state index in [1.165, 1.54) is 0 Å². The van der Waals surface area contributed by atoms with Gasteiger partial charge in [0, 0.05) is 0 Å². The second-order valence-corrected chi connectivity index (χ2v) is 3.13. The zero-order chi connectivity index (χ0) is 11.8. The first-order valence-electron chi connectivity index (χ1n) is 3.31. The highest BCUT2D eigenvalue weighted by molar-refractivity contribution is 6.34. The molecule has 0 unspecified atom stereocenters. The van der Waals surface area contributed by atoms with Crippen LogP contribution in [0.25, 0.3) is 0 Å². The average Bonchev–Trinajstić information content (AvgIpc) is 1.99. The maximum atomic E-state index is 12.3. The quantitative estimate of drug-likeness (QED) is 0.442. The second kappa shape index (κ2) is 3.82. The topological polar surface area (TPSA) is 56.0 Å². The molecule has 0 bridgehead atoms. The SMILES string of the molecule is O=[N+]([O-])c1c(C(F)(F)F)cc(Cl)nc1Cl. The Morgan fingerprint density at radius 1 is 1.40 bits per heavy atom. The highest BCUT2D eigenvalue weighted by Crippen LogP contribution is 2.40. The van der Waals surface area contributed by atoms with Crippen LogP contribution in [0.15, 0.2) is 6.07 Å². The Bertz CT molecular complexity index is 422. The molecule has 1 aromatic heterocycles. The summed E-state index contributed by atoms with van der Waals surface area (Å²) in [6, 6.07) is 0.353. The van der Waals surface area contributed by atoms with Gasteiger partial charge in [-0.05, 0) is 6.07 Å². The van der Waals surface area contributed by atoms with Gasteiger partial charge in [0.1, 0.15) is 10.7 Å². The third-order valence-corrected chi connectivity index (χ3v) is 1.86. The monoisotopic (exact) mass is 260 g/mol. The third kappa shape index (κ3) is 2.48. The number of nitro groups is 1. The minimum Gasteiger partial charge on any atom is -0.258 e. The highest BCUT2D eigenvalue weighted by Gasteiger charge is 2.40. The first-order valence-corrected chi connectivity index (χ1v) is 4.06. The number of hydrogen-bond donors (Lipinski definition) is 0. The molecule has 0 radical (unpaired) electrons. The summed E-state index contributed by atoms with van der Waals surface area (Å²) in [5, 5.41) is 8.89. The molecule has 0 aromatic carbocycles. The van der Waals surface area contributed by atoms with Crippen molar-refractivity contribution < 1.29 is 18.1 Å². The van der Waals surface area contributed by atoms with Gasteiger partial charge in [0.25, 0.3) is 0 Å². The Labute approximate surface area is 90.8 Å². The molecule has 0 amide bonds. The maximum absolute atomic E-state index is 12.3. The number of hydrogen-bond acceptors (Lipinski definition) is 3. The van der Waals surface area contributed by atoms with Crippen molar-refractivity contribution in [1.29, 1.82) is 0 Å². The summed E-state index contributed by atoms with van der Waals surface area (Å²) in [6.45, 7) is 0. The fraction of sp³-hybridized carbons (Fsp3) is 0.167. The van der Waals surface area contributed by atoms with E-state index < -0.39 is 32.7 Å². The molecule has 1 aromatic rings. The van der Waals surface area contributed by atoms with E-state index in [4.69, 9.17) is 23.2 Å². The normalized spacial score (nSPS) is 11.5. The molecule has 1 heterocycles. The van der Waals surface area contributed by atoms with Crippen LogP contribution in [0.1, 0.15) is 5.56 Å². The summed E-state index contributed by atoms with van der Waals surface area (Å²) < 4.78 is 37.0. The molecule has 0 atom stereocenters. The molecule has 1 rings (SSSR count). The molecule has 0 saturated heterocycles. The lowest BCUT2D eigenvalue weighted by molar-refractivity contribution is -0.388. The van der Waals surface area contributed by atoms with Crippen LogP contribution in [0.4, 0.5) is 18.9 Å². The van der Waals surface area contributed by atoms with Crippen molar-refractivity contribution >= 4 is 28.9 Å². The second-order valence-electron chi connectivity index (χ2n) is 2.39. The lowest BCUT2D eigenvalue weighted by Gasteiger charge is -2.07. The van der Waals surface area contributed by atoms with Crippen molar-refractivity contribution in [2.24, 2.45) is 0 Å². The molecule has 15 heavy (non-hydrogen) atoms. The Hall–Kier alpha value is -1.08. The van der Waals surface area contributed by atoms with Crippen molar-refractivity contribution in [2.45, 2.75) is 6.18 Å². The van der Waals surface area contributed by atoms with Crippen molar-refractivity contribution in [3.63, 3.8) is 0 Å². The summed E-state index contributed by atoms with van der Waals surface area (Å²) >= 11 is 10.4. The van der Waals surface area contributed by atoms with Crippen LogP contribution in [0.5, 0.6) is 0 Å². The molecule has 82 valence electrons. The maximum Gasteiger partial charge on any atom is 0.423 e. The van der Waals surface area contributed by atoms with Gasteiger partial charge in [0.2, 0.25) is 5.15 Å². The number of aromatic nitrogens is 1. The molecule has 0 fully saturated rings. The average molecular weight is 261 g/mol. The van der Waals surface area contributed by atoms with Gasteiger partial charge in [-0.1, -0.05) is 23.2 Å². The standard InChI is InChI=1S/C6HCl2F3N2O2/c7-3-1-2(6(9,10)11)4(13(14)15)5(8)12-3/h1H. The van der Waals surface area contributed by atoms with Gasteiger partial charge in [-0.2, -0.15) is 13.2 Å². The van der Waals surface area contributed by atoms with Gasteiger partial charge < -0.3 is 0 Å². The Morgan fingerprint density at radius 3 is 2.33 bits per heavy atom. The Balaban J connectivity index is 3.54. The molecule has 0 aliphatic rings. The summed E-state index contributed by atoms with van der Waals surface area (Å²) in [4.78, 5) is 12.2. The molecule has 0 N–H and O–H groups in total. The van der Waals surface area contributed by atoms with E-state index in [2.05, 4.69) is 4.98 Å². The highest BCUT2D eigenvalue weighted by atomic mass is 35.5. The van der Waals surface area contributed by atoms with Gasteiger partial charge in [-0.3, -0.25) is 10.1 Å². The molecule has 0 spiro atoms. The first kappa shape index (κ1) is 12.0. The third-order valence-electron chi connectivity index (χ3n) is 1.41. The summed E-state index contributed by atoms with van der Waals surface area (Å²) in [5.41, 5.74) is -2.81. The fourth-order valence-corrected chi connectivity index (χ4v) is 1.37. The van der Waals surface area contributed by atoms with E-state index in [9.17, 15) is 23.3 Å². The van der Waals surface area contributed by atoms with E-state index in [1.807, 2.05) is 0 Å². The number of rotatable bonds is 1.